The molecule has 0 aliphatic heterocycles. The van der Waals surface area contributed by atoms with Crippen molar-refractivity contribution in [2.24, 2.45) is 5.92 Å². The molecule has 3 N–H and O–H groups in total. The number of fused-ring (bicyclic) bond motifs is 3. The zero-order valence-electron chi connectivity index (χ0n) is 26.8. The zero-order chi connectivity index (χ0) is 32.9. The summed E-state index contributed by atoms with van der Waals surface area (Å²) in [6.07, 6.45) is -1.75. The molecule has 238 valence electrons. The van der Waals surface area contributed by atoms with Crippen LogP contribution in [0.1, 0.15) is 64.3 Å². The minimum atomic E-state index is -0.884. The van der Waals surface area contributed by atoms with E-state index in [-0.39, 0.29) is 12.5 Å². The molecule has 10 heteroatoms. The third kappa shape index (κ3) is 8.20. The van der Waals surface area contributed by atoms with Crippen molar-refractivity contribution in [2.45, 2.75) is 71.9 Å². The van der Waals surface area contributed by atoms with E-state index < -0.39 is 47.8 Å². The smallest absolute Gasteiger partial charge is 0.411 e. The zero-order valence-corrected chi connectivity index (χ0v) is 26.8. The van der Waals surface area contributed by atoms with E-state index in [2.05, 4.69) is 16.0 Å². The molecule has 0 unspecified atom stereocenters. The average Bonchev–Trinajstić information content (AvgIpc) is 3.29. The van der Waals surface area contributed by atoms with Crippen molar-refractivity contribution in [1.82, 2.24) is 15.5 Å². The second-order valence-corrected chi connectivity index (χ2v) is 12.5. The molecule has 0 heterocycles. The maximum absolute atomic E-state index is 13.4. The fraction of sp³-hybridized carbons (Fsp3) is 0.371. The first-order chi connectivity index (χ1) is 21.2. The summed E-state index contributed by atoms with van der Waals surface area (Å²) in [6, 6.07) is 20.8. The number of anilines is 1. The molecule has 4 rings (SSSR count). The Balaban J connectivity index is 1.34. The van der Waals surface area contributed by atoms with Crippen LogP contribution in [0, 0.1) is 5.92 Å². The molecule has 0 radical (unpaired) electrons. The molecule has 0 spiro atoms. The number of ether oxygens (including phenoxy) is 2. The number of likely N-dealkylation sites (N-methyl/N-ethyl adjacent to an activating group) is 1. The van der Waals surface area contributed by atoms with E-state index in [1.165, 1.54) is 11.9 Å². The lowest BCUT2D eigenvalue weighted by molar-refractivity contribution is -0.130. The molecule has 2 atom stereocenters. The van der Waals surface area contributed by atoms with Gasteiger partial charge in [0, 0.05) is 30.4 Å². The third-order valence-electron chi connectivity index (χ3n) is 7.41. The fourth-order valence-electron chi connectivity index (χ4n) is 5.27. The normalized spacial score (nSPS) is 13.6. The second kappa shape index (κ2) is 13.8. The average molecular weight is 615 g/mol. The maximum atomic E-state index is 13.4. The molecule has 4 amide bonds. The van der Waals surface area contributed by atoms with Gasteiger partial charge in [-0.25, -0.2) is 9.59 Å². The standard InChI is InChI=1S/C35H42N4O6/c1-21(2)29(39(7)34(43)44-30-27-14-10-8-12-25(27)26-13-9-11-15-28(26)30)32(41)37-22(3)31(40)38-24-18-16-23(17-19-24)20-36-33(42)45-35(4,5)6/h8-19,21-22,29-30H,20H2,1-7H3,(H,36,42)(H,37,41)(H,38,40)/t22-,29-/m0/s1. The topological polar surface area (TPSA) is 126 Å². The first kappa shape index (κ1) is 33.0. The van der Waals surface area contributed by atoms with Crippen molar-refractivity contribution in [3.05, 3.63) is 89.5 Å². The van der Waals surface area contributed by atoms with Crippen molar-refractivity contribution in [3.63, 3.8) is 0 Å². The molecule has 1 aliphatic rings. The minimum Gasteiger partial charge on any atom is -0.444 e. The van der Waals surface area contributed by atoms with E-state index in [4.69, 9.17) is 9.47 Å². The lowest BCUT2D eigenvalue weighted by Gasteiger charge is -2.31. The van der Waals surface area contributed by atoms with Gasteiger partial charge in [0.2, 0.25) is 11.8 Å². The number of hydrogen-bond acceptors (Lipinski definition) is 6. The van der Waals surface area contributed by atoms with Gasteiger partial charge in [0.15, 0.2) is 6.10 Å². The predicted octanol–water partition coefficient (Wildman–Crippen LogP) is 6.02. The van der Waals surface area contributed by atoms with Crippen molar-refractivity contribution in [1.29, 1.82) is 0 Å². The summed E-state index contributed by atoms with van der Waals surface area (Å²) in [5.41, 5.74) is 4.57. The Labute approximate surface area is 264 Å². The number of carbonyl (C=O) groups excluding carboxylic acids is 4. The number of amides is 4. The monoisotopic (exact) mass is 614 g/mol. The van der Waals surface area contributed by atoms with E-state index in [1.54, 1.807) is 52.0 Å². The van der Waals surface area contributed by atoms with Crippen LogP contribution >= 0.6 is 0 Å². The molecule has 0 saturated carbocycles. The van der Waals surface area contributed by atoms with Gasteiger partial charge in [-0.15, -0.1) is 0 Å². The number of nitrogens with zero attached hydrogens (tertiary/aromatic N) is 1. The van der Waals surface area contributed by atoms with Crippen molar-refractivity contribution >= 4 is 29.7 Å². The molecule has 0 bridgehead atoms. The molecule has 0 saturated heterocycles. The predicted molar refractivity (Wildman–Crippen MR) is 172 cm³/mol. The van der Waals surface area contributed by atoms with Crippen molar-refractivity contribution in [3.8, 4) is 11.1 Å². The van der Waals surface area contributed by atoms with E-state index >= 15 is 0 Å². The highest BCUT2D eigenvalue weighted by atomic mass is 16.6. The van der Waals surface area contributed by atoms with Gasteiger partial charge in [0.25, 0.3) is 0 Å². The summed E-state index contributed by atoms with van der Waals surface area (Å²) in [7, 11) is 1.53. The Kier molecular flexibility index (Phi) is 10.2. The number of hydrogen-bond donors (Lipinski definition) is 3. The van der Waals surface area contributed by atoms with Crippen LogP contribution < -0.4 is 16.0 Å². The number of alkyl carbamates (subject to hydrolysis) is 1. The highest BCUT2D eigenvalue weighted by Gasteiger charge is 2.36. The SMILES string of the molecule is CC(C)[C@@H](C(=O)N[C@@H](C)C(=O)Nc1ccc(CNC(=O)OC(C)(C)C)cc1)N(C)C(=O)OC1c2ccccc2-c2ccccc21. The molecule has 0 aromatic heterocycles. The van der Waals surface area contributed by atoms with Gasteiger partial charge >= 0.3 is 12.2 Å². The summed E-state index contributed by atoms with van der Waals surface area (Å²) in [5.74, 6) is -1.15. The Morgan fingerprint density at radius 2 is 1.38 bits per heavy atom. The second-order valence-electron chi connectivity index (χ2n) is 12.5. The van der Waals surface area contributed by atoms with Crippen LogP contribution in [-0.4, -0.2) is 53.6 Å². The van der Waals surface area contributed by atoms with Gasteiger partial charge in [-0.3, -0.25) is 14.5 Å². The molecule has 3 aromatic carbocycles. The first-order valence-corrected chi connectivity index (χ1v) is 15.0. The van der Waals surface area contributed by atoms with Crippen LogP contribution in [0.5, 0.6) is 0 Å². The number of carbonyl (C=O) groups is 4. The van der Waals surface area contributed by atoms with Crippen molar-refractivity contribution in [2.75, 3.05) is 12.4 Å². The van der Waals surface area contributed by atoms with Gasteiger partial charge in [-0.2, -0.15) is 0 Å². The maximum Gasteiger partial charge on any atom is 0.411 e. The molecule has 0 fully saturated rings. The Bertz CT molecular complexity index is 1500. The Hall–Kier alpha value is -4.86. The van der Waals surface area contributed by atoms with Crippen molar-refractivity contribution < 1.29 is 28.7 Å². The summed E-state index contributed by atoms with van der Waals surface area (Å²) in [6.45, 7) is 10.9. The highest BCUT2D eigenvalue weighted by molar-refractivity contribution is 5.98. The van der Waals surface area contributed by atoms with Gasteiger partial charge in [0.05, 0.1) is 0 Å². The van der Waals surface area contributed by atoms with Crippen LogP contribution in [0.25, 0.3) is 11.1 Å². The summed E-state index contributed by atoms with van der Waals surface area (Å²) >= 11 is 0. The quantitative estimate of drug-likeness (QED) is 0.271. The highest BCUT2D eigenvalue weighted by Crippen LogP contribution is 2.45. The van der Waals surface area contributed by atoms with Crippen LogP contribution in [0.3, 0.4) is 0 Å². The van der Waals surface area contributed by atoms with Gasteiger partial charge in [-0.1, -0.05) is 74.5 Å². The molecular formula is C35H42N4O6. The number of rotatable bonds is 9. The number of nitrogens with one attached hydrogen (secondary N) is 3. The van der Waals surface area contributed by atoms with Crippen LogP contribution in [0.2, 0.25) is 0 Å². The lowest BCUT2D eigenvalue weighted by Crippen LogP contribution is -2.54. The first-order valence-electron chi connectivity index (χ1n) is 15.0. The van der Waals surface area contributed by atoms with E-state index in [1.807, 2.05) is 62.4 Å². The lowest BCUT2D eigenvalue weighted by atomic mass is 10.0. The Morgan fingerprint density at radius 1 is 0.822 bits per heavy atom. The van der Waals surface area contributed by atoms with Crippen LogP contribution in [0.4, 0.5) is 15.3 Å². The summed E-state index contributed by atoms with van der Waals surface area (Å²) in [5, 5.41) is 8.22. The summed E-state index contributed by atoms with van der Waals surface area (Å²) < 4.78 is 11.2. The molecular weight excluding hydrogens is 572 g/mol. The molecule has 45 heavy (non-hydrogen) atoms. The van der Waals surface area contributed by atoms with Gasteiger partial charge < -0.3 is 25.4 Å². The minimum absolute atomic E-state index is 0.261. The fourth-order valence-corrected chi connectivity index (χ4v) is 5.27. The van der Waals surface area contributed by atoms with E-state index in [9.17, 15) is 19.2 Å². The third-order valence-corrected chi connectivity index (χ3v) is 7.41. The Morgan fingerprint density at radius 3 is 1.91 bits per heavy atom. The van der Waals surface area contributed by atoms with E-state index in [0.29, 0.717) is 5.69 Å². The summed E-state index contributed by atoms with van der Waals surface area (Å²) in [4.78, 5) is 52.9. The van der Waals surface area contributed by atoms with Gasteiger partial charge in [-0.05, 0) is 62.4 Å². The van der Waals surface area contributed by atoms with Crippen LogP contribution in [0.15, 0.2) is 72.8 Å². The molecule has 10 nitrogen and oxygen atoms in total. The molecule has 1 aliphatic carbocycles. The number of benzene rings is 3. The largest absolute Gasteiger partial charge is 0.444 e. The molecule has 3 aromatic rings. The van der Waals surface area contributed by atoms with Gasteiger partial charge in [0.1, 0.15) is 17.7 Å². The van der Waals surface area contributed by atoms with Crippen LogP contribution in [-0.2, 0) is 25.6 Å². The van der Waals surface area contributed by atoms with E-state index in [0.717, 1.165) is 27.8 Å².